The smallest absolute Gasteiger partial charge is 0.438 e. The number of methoxy groups -OCH3 is 1. The molecule has 2 heterocycles. The van der Waals surface area contributed by atoms with Gasteiger partial charge < -0.3 is 23.7 Å². The van der Waals surface area contributed by atoms with Crippen molar-refractivity contribution in [1.82, 2.24) is 0 Å². The molecule has 134 valence electrons. The van der Waals surface area contributed by atoms with Crippen molar-refractivity contribution in [2.24, 2.45) is 0 Å². The van der Waals surface area contributed by atoms with E-state index in [4.69, 9.17) is 14.3 Å². The van der Waals surface area contributed by atoms with Gasteiger partial charge in [0.15, 0.2) is 0 Å². The average molecular weight is 336 g/mol. The second-order valence-electron chi connectivity index (χ2n) is 4.51. The van der Waals surface area contributed by atoms with Crippen molar-refractivity contribution < 1.29 is 42.9 Å². The van der Waals surface area contributed by atoms with Crippen LogP contribution in [0.1, 0.15) is 34.1 Å². The van der Waals surface area contributed by atoms with Gasteiger partial charge in [-0.3, -0.25) is 0 Å². The highest BCUT2D eigenvalue weighted by Gasteiger charge is 2.19. The minimum absolute atomic E-state index is 0.0440. The van der Waals surface area contributed by atoms with E-state index in [9.17, 15) is 9.59 Å². The second kappa shape index (κ2) is 14.8. The first-order chi connectivity index (χ1) is 10.8. The molecule has 0 aromatic rings. The Balaban J connectivity index is 0. The van der Waals surface area contributed by atoms with Crippen molar-refractivity contribution in [2.45, 2.75) is 52.4 Å². The Morgan fingerprint density at radius 3 is 1.96 bits per heavy atom. The molecule has 0 radical (unpaired) electrons. The highest BCUT2D eigenvalue weighted by molar-refractivity contribution is 5.61. The third-order valence-electron chi connectivity index (χ3n) is 2.27. The summed E-state index contributed by atoms with van der Waals surface area (Å²) >= 11 is 0. The number of rotatable bonds is 2. The normalized spacial score (nSPS) is 21.0. The number of hydrogen-bond acceptors (Lipinski definition) is 9. The van der Waals surface area contributed by atoms with Crippen LogP contribution in [0.25, 0.3) is 0 Å². The molecule has 2 fully saturated rings. The van der Waals surface area contributed by atoms with Crippen LogP contribution in [0.3, 0.4) is 0 Å². The summed E-state index contributed by atoms with van der Waals surface area (Å²) in [7, 11) is 1.30. The third-order valence-corrected chi connectivity index (χ3v) is 2.27. The van der Waals surface area contributed by atoms with Crippen molar-refractivity contribution in [3.63, 3.8) is 0 Å². The fourth-order valence-electron chi connectivity index (χ4n) is 0.810. The summed E-state index contributed by atoms with van der Waals surface area (Å²) in [5.41, 5.74) is 0. The summed E-state index contributed by atoms with van der Waals surface area (Å²) in [5.74, 6) is 0. The van der Waals surface area contributed by atoms with E-state index in [1.54, 1.807) is 6.92 Å². The average Bonchev–Trinajstić information content (AvgIpc) is 3.20. The zero-order chi connectivity index (χ0) is 18.3. The van der Waals surface area contributed by atoms with E-state index in [1.165, 1.54) is 7.11 Å². The minimum Gasteiger partial charge on any atom is -0.438 e. The summed E-state index contributed by atoms with van der Waals surface area (Å²) in [5, 5.41) is 0. The number of cyclic esters (lactones) is 2. The summed E-state index contributed by atoms with van der Waals surface area (Å²) in [6, 6.07) is 0. The molecule has 2 rings (SSSR count). The van der Waals surface area contributed by atoms with E-state index in [-0.39, 0.29) is 18.4 Å². The van der Waals surface area contributed by atoms with Gasteiger partial charge in [0.1, 0.15) is 18.8 Å². The quantitative estimate of drug-likeness (QED) is 0.550. The van der Waals surface area contributed by atoms with E-state index >= 15 is 0 Å². The summed E-state index contributed by atoms with van der Waals surface area (Å²) in [6.07, 6.45) is 0.400. The zero-order valence-corrected chi connectivity index (χ0v) is 14.0. The molecule has 0 spiro atoms. The highest BCUT2D eigenvalue weighted by atomic mass is 16.8. The van der Waals surface area contributed by atoms with Crippen LogP contribution in [-0.2, 0) is 33.3 Å². The molecule has 3 atom stereocenters. The fourth-order valence-corrected chi connectivity index (χ4v) is 0.810. The van der Waals surface area contributed by atoms with Crippen molar-refractivity contribution in [3.8, 4) is 0 Å². The van der Waals surface area contributed by atoms with Crippen LogP contribution in [0.5, 0.6) is 0 Å². The molecule has 0 aromatic heterocycles. The predicted octanol–water partition coefficient (Wildman–Crippen LogP) is 1.93. The van der Waals surface area contributed by atoms with Crippen LogP contribution in [0.15, 0.2) is 0 Å². The molecule has 0 saturated carbocycles. The van der Waals surface area contributed by atoms with Crippen LogP contribution in [0.4, 0.5) is 9.59 Å². The van der Waals surface area contributed by atoms with Crippen molar-refractivity contribution in [3.05, 3.63) is 0 Å². The molecule has 2 aliphatic rings. The van der Waals surface area contributed by atoms with Gasteiger partial charge in [0.05, 0.1) is 19.8 Å². The molecule has 0 N–H and O–H groups in total. The van der Waals surface area contributed by atoms with E-state index in [2.05, 4.69) is 25.9 Å². The van der Waals surface area contributed by atoms with Crippen molar-refractivity contribution in [2.75, 3.05) is 20.3 Å². The molecule has 0 amide bonds. The first-order valence-corrected chi connectivity index (χ1v) is 6.99. The van der Waals surface area contributed by atoms with Crippen LogP contribution < -0.4 is 0 Å². The maximum absolute atomic E-state index is 10.3. The number of hydrogen-bond donors (Lipinski definition) is 0. The molecule has 2 aliphatic heterocycles. The molecular weight excluding hydrogens is 312 g/mol. The Bertz CT molecular complexity index is 359. The fraction of sp³-hybridized carbons (Fsp3) is 0.786. The molecule has 2 saturated heterocycles. The minimum atomic E-state index is -0.607. The Labute approximate surface area is 135 Å². The van der Waals surface area contributed by atoms with Crippen LogP contribution in [0, 0.1) is 0 Å². The van der Waals surface area contributed by atoms with Gasteiger partial charge in [0.2, 0.25) is 0 Å². The molecule has 9 heteroatoms. The van der Waals surface area contributed by atoms with Gasteiger partial charge >= 0.3 is 18.5 Å². The molecule has 0 aliphatic carbocycles. The maximum atomic E-state index is 10.3. The first-order valence-electron chi connectivity index (χ1n) is 6.99. The van der Waals surface area contributed by atoms with Gasteiger partial charge in [-0.2, -0.15) is 9.59 Å². The number of carbonyl (C=O) groups excluding carboxylic acids is 4. The molecule has 0 bridgehead atoms. The van der Waals surface area contributed by atoms with E-state index in [0.29, 0.717) is 12.7 Å². The Morgan fingerprint density at radius 1 is 1.30 bits per heavy atom. The van der Waals surface area contributed by atoms with Gasteiger partial charge in [0, 0.05) is 0 Å². The van der Waals surface area contributed by atoms with Gasteiger partial charge in [0.25, 0.3) is 0 Å². The molecule has 0 aromatic carbocycles. The monoisotopic (exact) mass is 336 g/mol. The standard InChI is InChI=1S/C6H12O3.C4H6O3.C3H6O.CO2/c1-4-5(2)9-6(7)8-3;1-3-2-6-4(5)7-3;1-3-2-4-3;2-1-3/h5H,4H2,1-3H3;3H,2H2,1H3;3H,2H2,1H3;. The lowest BCUT2D eigenvalue weighted by Gasteiger charge is -2.07. The largest absolute Gasteiger partial charge is 0.508 e. The van der Waals surface area contributed by atoms with Gasteiger partial charge in [-0.1, -0.05) is 6.92 Å². The summed E-state index contributed by atoms with van der Waals surface area (Å²) in [4.78, 5) is 36.6. The SMILES string of the molecule is CC1CO1.CC1COC(=O)O1.CCC(C)OC(=O)OC.O=C=O. The first kappa shape index (κ1) is 23.2. The van der Waals surface area contributed by atoms with Gasteiger partial charge in [-0.15, -0.1) is 0 Å². The number of epoxide rings is 1. The lowest BCUT2D eigenvalue weighted by Crippen LogP contribution is -2.13. The van der Waals surface area contributed by atoms with Gasteiger partial charge in [-0.05, 0) is 27.2 Å². The third kappa shape index (κ3) is 19.9. The topological polar surface area (TPSA) is 118 Å². The van der Waals surface area contributed by atoms with Gasteiger partial charge in [-0.25, -0.2) is 9.59 Å². The molecular formula is C14H24O9. The Kier molecular flexibility index (Phi) is 14.9. The predicted molar refractivity (Wildman–Crippen MR) is 75.6 cm³/mol. The van der Waals surface area contributed by atoms with Crippen LogP contribution >= 0.6 is 0 Å². The van der Waals surface area contributed by atoms with Crippen LogP contribution in [0.2, 0.25) is 0 Å². The lowest BCUT2D eigenvalue weighted by atomic mass is 10.3. The van der Waals surface area contributed by atoms with Crippen molar-refractivity contribution in [1.29, 1.82) is 0 Å². The molecule has 23 heavy (non-hydrogen) atoms. The second-order valence-corrected chi connectivity index (χ2v) is 4.51. The molecule has 3 unspecified atom stereocenters. The van der Waals surface area contributed by atoms with E-state index in [0.717, 1.165) is 13.0 Å². The van der Waals surface area contributed by atoms with Crippen molar-refractivity contribution >= 4 is 18.5 Å². The Morgan fingerprint density at radius 2 is 1.78 bits per heavy atom. The highest BCUT2D eigenvalue weighted by Crippen LogP contribution is 2.04. The summed E-state index contributed by atoms with van der Waals surface area (Å²) < 4.78 is 22.6. The lowest BCUT2D eigenvalue weighted by molar-refractivity contribution is -0.191. The Hall–Kier alpha value is -2.12. The number of ether oxygens (including phenoxy) is 5. The summed E-state index contributed by atoms with van der Waals surface area (Å²) in [6.45, 7) is 8.98. The van der Waals surface area contributed by atoms with E-state index in [1.807, 2.05) is 13.8 Å². The van der Waals surface area contributed by atoms with E-state index < -0.39 is 12.3 Å². The number of carbonyl (C=O) groups is 2. The zero-order valence-electron chi connectivity index (χ0n) is 14.0. The van der Waals surface area contributed by atoms with Crippen LogP contribution in [-0.4, -0.2) is 57.1 Å². The molecule has 9 nitrogen and oxygen atoms in total. The maximum Gasteiger partial charge on any atom is 0.508 e.